The van der Waals surface area contributed by atoms with Crippen molar-refractivity contribution in [2.75, 3.05) is 19.7 Å². The van der Waals surface area contributed by atoms with Crippen molar-refractivity contribution in [3.8, 4) is 5.75 Å². The van der Waals surface area contributed by atoms with Crippen LogP contribution in [0.5, 0.6) is 5.75 Å². The van der Waals surface area contributed by atoms with Crippen molar-refractivity contribution in [2.45, 2.75) is 44.5 Å². The molecule has 7 heteroatoms. The van der Waals surface area contributed by atoms with E-state index in [1.54, 1.807) is 19.9 Å². The molecule has 216 valence electrons. The fourth-order valence-corrected chi connectivity index (χ4v) is 5.17. The van der Waals surface area contributed by atoms with Crippen molar-refractivity contribution in [3.63, 3.8) is 0 Å². The lowest BCUT2D eigenvalue weighted by Gasteiger charge is -2.29. The van der Waals surface area contributed by atoms with Crippen LogP contribution in [-0.4, -0.2) is 29.7 Å². The molecule has 3 nitrogen and oxygen atoms in total. The van der Waals surface area contributed by atoms with Crippen LogP contribution in [-0.2, 0) is 18.3 Å². The Morgan fingerprint density at radius 3 is 2.02 bits per heavy atom. The maximum Gasteiger partial charge on any atom is 0.417 e. The molecule has 0 aliphatic heterocycles. The third-order valence-electron chi connectivity index (χ3n) is 7.05. The molecule has 0 radical (unpaired) electrons. The van der Waals surface area contributed by atoms with Crippen LogP contribution in [0.1, 0.15) is 54.0 Å². The minimum absolute atomic E-state index is 0.00589. The number of halogens is 4. The minimum atomic E-state index is -4.53. The normalized spacial score (nSPS) is 12.2. The molecule has 41 heavy (non-hydrogen) atoms. The summed E-state index contributed by atoms with van der Waals surface area (Å²) in [6, 6.07) is 31.7. The molecular formula is C34H35ClF3NO2. The molecule has 1 N–H and O–H groups in total. The first-order valence-corrected chi connectivity index (χ1v) is 14.0. The number of hydrogen-bond donors (Lipinski definition) is 1. The van der Waals surface area contributed by atoms with Gasteiger partial charge in [0.2, 0.25) is 0 Å². The van der Waals surface area contributed by atoms with Crippen molar-refractivity contribution in [1.29, 1.82) is 0 Å². The van der Waals surface area contributed by atoms with E-state index >= 15 is 0 Å². The highest BCUT2D eigenvalue weighted by Crippen LogP contribution is 2.37. The van der Waals surface area contributed by atoms with Gasteiger partial charge in [-0.15, -0.1) is 0 Å². The number of nitrogens with zero attached hydrogens (tertiary/aromatic N) is 1. The van der Waals surface area contributed by atoms with Crippen LogP contribution in [0.15, 0.2) is 103 Å². The van der Waals surface area contributed by atoms with Gasteiger partial charge in [-0.3, -0.25) is 4.90 Å². The number of rotatable bonds is 12. The van der Waals surface area contributed by atoms with Gasteiger partial charge in [0.05, 0.1) is 22.8 Å². The van der Waals surface area contributed by atoms with Crippen LogP contribution in [0.2, 0.25) is 5.02 Å². The average Bonchev–Trinajstić information content (AvgIpc) is 2.95. The monoisotopic (exact) mass is 581 g/mol. The Bertz CT molecular complexity index is 1350. The Balaban J connectivity index is 1.56. The zero-order valence-electron chi connectivity index (χ0n) is 23.2. The summed E-state index contributed by atoms with van der Waals surface area (Å²) in [5.41, 5.74) is 1.63. The van der Waals surface area contributed by atoms with E-state index in [1.807, 2.05) is 60.7 Å². The van der Waals surface area contributed by atoms with Gasteiger partial charge in [-0.05, 0) is 60.7 Å². The van der Waals surface area contributed by atoms with Crippen LogP contribution in [0.25, 0.3) is 0 Å². The maximum absolute atomic E-state index is 13.6. The van der Waals surface area contributed by atoms with Crippen LogP contribution < -0.4 is 4.74 Å². The second kappa shape index (κ2) is 13.6. The van der Waals surface area contributed by atoms with Crippen molar-refractivity contribution in [3.05, 3.63) is 136 Å². The SMILES string of the molecule is CC(C)(O)c1cccc(OCCCN(Cc2cccc(C(F)(F)F)c2Cl)CC(c2ccccc2)c2ccccc2)c1. The van der Waals surface area contributed by atoms with Gasteiger partial charge in [0, 0.05) is 25.6 Å². The minimum Gasteiger partial charge on any atom is -0.494 e. The second-order valence-electron chi connectivity index (χ2n) is 10.7. The molecule has 0 fully saturated rings. The topological polar surface area (TPSA) is 32.7 Å². The Kier molecular flexibility index (Phi) is 10.1. The van der Waals surface area contributed by atoms with E-state index < -0.39 is 17.3 Å². The first-order chi connectivity index (χ1) is 19.5. The van der Waals surface area contributed by atoms with Gasteiger partial charge in [-0.1, -0.05) is 96.5 Å². The first-order valence-electron chi connectivity index (χ1n) is 13.6. The number of benzene rings is 4. The smallest absolute Gasteiger partial charge is 0.417 e. The van der Waals surface area contributed by atoms with Crippen molar-refractivity contribution >= 4 is 11.6 Å². The maximum atomic E-state index is 13.6. The second-order valence-corrected chi connectivity index (χ2v) is 11.1. The number of hydrogen-bond acceptors (Lipinski definition) is 3. The van der Waals surface area contributed by atoms with Gasteiger partial charge in [-0.25, -0.2) is 0 Å². The third kappa shape index (κ3) is 8.59. The number of aliphatic hydroxyl groups is 1. The number of ether oxygens (including phenoxy) is 1. The van der Waals surface area contributed by atoms with Gasteiger partial charge in [-0.2, -0.15) is 13.2 Å². The molecule has 0 bridgehead atoms. The van der Waals surface area contributed by atoms with E-state index in [-0.39, 0.29) is 17.5 Å². The highest BCUT2D eigenvalue weighted by molar-refractivity contribution is 6.32. The molecule has 4 aromatic carbocycles. The predicted molar refractivity (Wildman–Crippen MR) is 158 cm³/mol. The lowest BCUT2D eigenvalue weighted by atomic mass is 9.90. The summed E-state index contributed by atoms with van der Waals surface area (Å²) in [6.45, 7) is 5.26. The highest BCUT2D eigenvalue weighted by Gasteiger charge is 2.34. The molecule has 4 rings (SSSR count). The molecule has 0 aliphatic carbocycles. The first kappa shape index (κ1) is 30.6. The summed E-state index contributed by atoms with van der Waals surface area (Å²) in [5.74, 6) is 0.662. The van der Waals surface area contributed by atoms with Gasteiger partial charge in [0.1, 0.15) is 5.75 Å². The molecular weight excluding hydrogens is 547 g/mol. The zero-order valence-corrected chi connectivity index (χ0v) is 24.0. The highest BCUT2D eigenvalue weighted by atomic mass is 35.5. The van der Waals surface area contributed by atoms with E-state index in [0.29, 0.717) is 37.4 Å². The van der Waals surface area contributed by atoms with Crippen LogP contribution in [0.4, 0.5) is 13.2 Å². The standard InChI is InChI=1S/C34H35ClF3NO2/c1-33(2,40)28-17-10-18-29(22-28)41-21-11-20-39(23-27-16-9-19-31(32(27)35)34(36,37)38)24-30(25-12-5-3-6-13-25)26-14-7-4-8-15-26/h3-10,12-19,22,30,40H,11,20-21,23-24H2,1-2H3. The Morgan fingerprint density at radius 1 is 0.829 bits per heavy atom. The molecule has 0 aliphatic rings. The van der Waals surface area contributed by atoms with E-state index in [1.165, 1.54) is 6.07 Å². The quantitative estimate of drug-likeness (QED) is 0.170. The van der Waals surface area contributed by atoms with Crippen LogP contribution in [0.3, 0.4) is 0 Å². The summed E-state index contributed by atoms with van der Waals surface area (Å²) in [6.07, 6.45) is -3.89. The lowest BCUT2D eigenvalue weighted by Crippen LogP contribution is -2.31. The van der Waals surface area contributed by atoms with E-state index in [4.69, 9.17) is 16.3 Å². The Hall–Kier alpha value is -3.32. The molecule has 0 unspecified atom stereocenters. The van der Waals surface area contributed by atoms with Gasteiger partial charge in [0.25, 0.3) is 0 Å². The van der Waals surface area contributed by atoms with Crippen molar-refractivity contribution in [2.24, 2.45) is 0 Å². The molecule has 4 aromatic rings. The molecule has 0 atom stereocenters. The summed E-state index contributed by atoms with van der Waals surface area (Å²) in [4.78, 5) is 2.14. The van der Waals surface area contributed by atoms with Crippen molar-refractivity contribution in [1.82, 2.24) is 4.90 Å². The van der Waals surface area contributed by atoms with Gasteiger partial charge >= 0.3 is 6.18 Å². The van der Waals surface area contributed by atoms with Crippen LogP contribution in [0, 0.1) is 0 Å². The largest absolute Gasteiger partial charge is 0.494 e. The molecule has 0 spiro atoms. The Labute approximate surface area is 245 Å². The van der Waals surface area contributed by atoms with E-state index in [9.17, 15) is 18.3 Å². The fraction of sp³-hybridized carbons (Fsp3) is 0.294. The average molecular weight is 582 g/mol. The summed E-state index contributed by atoms with van der Waals surface area (Å²) in [5, 5.41) is 10.1. The fourth-order valence-electron chi connectivity index (χ4n) is 4.87. The van der Waals surface area contributed by atoms with Gasteiger partial charge in [0.15, 0.2) is 0 Å². The van der Waals surface area contributed by atoms with E-state index in [0.717, 1.165) is 22.8 Å². The third-order valence-corrected chi connectivity index (χ3v) is 7.50. The zero-order chi connectivity index (χ0) is 29.5. The van der Waals surface area contributed by atoms with Crippen LogP contribution >= 0.6 is 11.6 Å². The lowest BCUT2D eigenvalue weighted by molar-refractivity contribution is -0.137. The van der Waals surface area contributed by atoms with E-state index in [2.05, 4.69) is 29.2 Å². The summed E-state index contributed by atoms with van der Waals surface area (Å²) < 4.78 is 46.8. The molecule has 0 saturated carbocycles. The summed E-state index contributed by atoms with van der Waals surface area (Å²) >= 11 is 6.31. The molecule has 0 aromatic heterocycles. The predicted octanol–water partition coefficient (Wildman–Crippen LogP) is 8.69. The Morgan fingerprint density at radius 2 is 1.44 bits per heavy atom. The van der Waals surface area contributed by atoms with Crippen molar-refractivity contribution < 1.29 is 23.0 Å². The van der Waals surface area contributed by atoms with Gasteiger partial charge < -0.3 is 9.84 Å². The molecule has 0 amide bonds. The summed E-state index contributed by atoms with van der Waals surface area (Å²) in [7, 11) is 0. The number of alkyl halides is 3. The molecule has 0 saturated heterocycles. The molecule has 0 heterocycles.